The van der Waals surface area contributed by atoms with Crippen molar-refractivity contribution in [2.24, 2.45) is 11.8 Å². The first kappa shape index (κ1) is 32.6. The normalized spacial score (nSPS) is 15.5. The maximum Gasteiger partial charge on any atom is 0.305 e. The topological polar surface area (TPSA) is 137 Å². The van der Waals surface area contributed by atoms with Crippen molar-refractivity contribution < 1.29 is 33.4 Å². The summed E-state index contributed by atoms with van der Waals surface area (Å²) in [5.74, 6) is -0.880. The van der Waals surface area contributed by atoms with E-state index in [0.717, 1.165) is 10.7 Å². The molecule has 2 amide bonds. The van der Waals surface area contributed by atoms with Gasteiger partial charge in [-0.25, -0.2) is 9.97 Å². The molecule has 1 saturated heterocycles. The van der Waals surface area contributed by atoms with Gasteiger partial charge in [0.25, 0.3) is 5.91 Å². The highest BCUT2D eigenvalue weighted by Gasteiger charge is 2.32. The second-order valence-electron chi connectivity index (χ2n) is 10.7. The standard InChI is InChI=1S/C28H40N4O7S2/c1-16(2)22(32(5)25(34)9-19-12-38-13-19)11-23(39-18(4)33)28-31-21(15-41-28)27(36)30-20(7-8-26(35)37-6)10-24-29-17(3)14-40-24/h14-16,19-20,22-23H,7-13H2,1-6H3,(H,30,36)/t20-,22?,23-/m1/s1. The van der Waals surface area contributed by atoms with Crippen LogP contribution in [0.4, 0.5) is 0 Å². The highest BCUT2D eigenvalue weighted by Crippen LogP contribution is 2.31. The van der Waals surface area contributed by atoms with Crippen LogP contribution in [0.5, 0.6) is 0 Å². The lowest BCUT2D eigenvalue weighted by Gasteiger charge is -2.35. The number of methoxy groups -OCH3 is 1. The zero-order valence-electron chi connectivity index (χ0n) is 24.5. The van der Waals surface area contributed by atoms with Gasteiger partial charge in [-0.3, -0.25) is 19.2 Å². The fourth-order valence-corrected chi connectivity index (χ4v) is 6.29. The predicted molar refractivity (Wildman–Crippen MR) is 155 cm³/mol. The summed E-state index contributed by atoms with van der Waals surface area (Å²) in [6.45, 7) is 8.46. The van der Waals surface area contributed by atoms with Crippen LogP contribution in [-0.4, -0.2) is 78.1 Å². The molecule has 3 rings (SSSR count). The lowest BCUT2D eigenvalue weighted by Crippen LogP contribution is -2.44. The summed E-state index contributed by atoms with van der Waals surface area (Å²) in [5.41, 5.74) is 1.09. The molecule has 0 radical (unpaired) electrons. The SMILES string of the molecule is COC(=O)CC[C@H](Cc1nc(C)cs1)NC(=O)c1csc([C@@H](CC(C(C)C)N(C)C(=O)CC2COC2)OC(C)=O)n1. The molecule has 0 aliphatic carbocycles. The maximum atomic E-state index is 13.2. The fraction of sp³-hybridized carbons (Fsp3) is 0.643. The number of esters is 2. The van der Waals surface area contributed by atoms with Gasteiger partial charge >= 0.3 is 11.9 Å². The molecule has 3 heterocycles. The number of rotatable bonds is 15. The van der Waals surface area contributed by atoms with E-state index in [-0.39, 0.29) is 47.9 Å². The Morgan fingerprint density at radius 2 is 1.90 bits per heavy atom. The second-order valence-corrected chi connectivity index (χ2v) is 12.5. The van der Waals surface area contributed by atoms with Crippen molar-refractivity contribution in [1.82, 2.24) is 20.2 Å². The summed E-state index contributed by atoms with van der Waals surface area (Å²) in [4.78, 5) is 60.7. The number of carbonyl (C=O) groups is 4. The minimum absolute atomic E-state index is 0.0196. The van der Waals surface area contributed by atoms with E-state index in [4.69, 9.17) is 14.2 Å². The Bertz CT molecular complexity index is 1190. The third kappa shape index (κ3) is 9.86. The van der Waals surface area contributed by atoms with Crippen LogP contribution in [0.2, 0.25) is 0 Å². The van der Waals surface area contributed by atoms with Gasteiger partial charge < -0.3 is 24.4 Å². The summed E-state index contributed by atoms with van der Waals surface area (Å²) < 4.78 is 15.6. The van der Waals surface area contributed by atoms with Crippen LogP contribution in [0.3, 0.4) is 0 Å². The zero-order valence-corrected chi connectivity index (χ0v) is 26.1. The number of nitrogens with one attached hydrogen (secondary N) is 1. The van der Waals surface area contributed by atoms with Gasteiger partial charge in [0, 0.05) is 74.1 Å². The van der Waals surface area contributed by atoms with E-state index in [1.165, 1.54) is 36.7 Å². The molecule has 13 heteroatoms. The van der Waals surface area contributed by atoms with Gasteiger partial charge in [-0.05, 0) is 19.3 Å². The number of ether oxygens (including phenoxy) is 3. The first-order chi connectivity index (χ1) is 19.5. The number of amides is 2. The van der Waals surface area contributed by atoms with Crippen LogP contribution >= 0.6 is 22.7 Å². The van der Waals surface area contributed by atoms with Crippen LogP contribution in [0, 0.1) is 18.8 Å². The average molecular weight is 609 g/mol. The average Bonchev–Trinajstić information content (AvgIpc) is 3.55. The van der Waals surface area contributed by atoms with Crippen molar-refractivity contribution in [2.75, 3.05) is 27.4 Å². The molecule has 226 valence electrons. The Balaban J connectivity index is 1.73. The van der Waals surface area contributed by atoms with E-state index in [1.54, 1.807) is 17.3 Å². The molecular formula is C28H40N4O7S2. The first-order valence-corrected chi connectivity index (χ1v) is 15.5. The minimum Gasteiger partial charge on any atom is -0.469 e. The quantitative estimate of drug-likeness (QED) is 0.300. The van der Waals surface area contributed by atoms with E-state index in [2.05, 4.69) is 15.3 Å². The van der Waals surface area contributed by atoms with Crippen molar-refractivity contribution in [3.8, 4) is 0 Å². The van der Waals surface area contributed by atoms with Gasteiger partial charge in [-0.1, -0.05) is 13.8 Å². The largest absolute Gasteiger partial charge is 0.469 e. The monoisotopic (exact) mass is 608 g/mol. The van der Waals surface area contributed by atoms with Crippen LogP contribution < -0.4 is 5.32 Å². The van der Waals surface area contributed by atoms with Crippen LogP contribution in [0.25, 0.3) is 0 Å². The second kappa shape index (κ2) is 15.4. The molecule has 3 atom stereocenters. The van der Waals surface area contributed by atoms with Gasteiger partial charge in [0.05, 0.1) is 25.3 Å². The molecule has 0 spiro atoms. The number of carbonyl (C=O) groups excluding carboxylic acids is 4. The molecule has 2 aromatic rings. The fourth-order valence-electron chi connectivity index (χ4n) is 4.60. The highest BCUT2D eigenvalue weighted by molar-refractivity contribution is 7.10. The smallest absolute Gasteiger partial charge is 0.305 e. The van der Waals surface area contributed by atoms with Gasteiger partial charge in [0.15, 0.2) is 6.10 Å². The maximum absolute atomic E-state index is 13.2. The Labute approximate surface area is 249 Å². The third-order valence-corrected chi connectivity index (χ3v) is 8.90. The number of thiazole rings is 2. The van der Waals surface area contributed by atoms with Crippen molar-refractivity contribution in [1.29, 1.82) is 0 Å². The Kier molecular flexibility index (Phi) is 12.2. The van der Waals surface area contributed by atoms with Crippen molar-refractivity contribution in [2.45, 2.75) is 78.0 Å². The number of hydrogen-bond donors (Lipinski definition) is 1. The molecule has 1 unspecified atom stereocenters. The third-order valence-electron chi connectivity index (χ3n) is 6.97. The lowest BCUT2D eigenvalue weighted by atomic mass is 9.95. The molecule has 1 aliphatic heterocycles. The summed E-state index contributed by atoms with van der Waals surface area (Å²) in [7, 11) is 3.10. The van der Waals surface area contributed by atoms with Crippen molar-refractivity contribution in [3.63, 3.8) is 0 Å². The lowest BCUT2D eigenvalue weighted by molar-refractivity contribution is -0.149. The highest BCUT2D eigenvalue weighted by atomic mass is 32.1. The first-order valence-electron chi connectivity index (χ1n) is 13.7. The number of hydrogen-bond acceptors (Lipinski definition) is 11. The van der Waals surface area contributed by atoms with Crippen LogP contribution in [-0.2, 0) is 35.0 Å². The summed E-state index contributed by atoms with van der Waals surface area (Å²) >= 11 is 2.73. The number of nitrogens with zero attached hydrogens (tertiary/aromatic N) is 3. The molecule has 41 heavy (non-hydrogen) atoms. The Hall–Kier alpha value is -2.90. The molecule has 1 N–H and O–H groups in total. The predicted octanol–water partition coefficient (Wildman–Crippen LogP) is 3.72. The number of aromatic nitrogens is 2. The van der Waals surface area contributed by atoms with Crippen molar-refractivity contribution >= 4 is 46.4 Å². The molecule has 0 aromatic carbocycles. The molecule has 0 bridgehead atoms. The molecule has 1 aliphatic rings. The Morgan fingerprint density at radius 1 is 1.17 bits per heavy atom. The number of aryl methyl sites for hydroxylation is 1. The molecule has 0 saturated carbocycles. The molecule has 11 nitrogen and oxygen atoms in total. The molecular weight excluding hydrogens is 568 g/mol. The van der Waals surface area contributed by atoms with Gasteiger partial charge in [0.1, 0.15) is 10.7 Å². The summed E-state index contributed by atoms with van der Waals surface area (Å²) in [5, 5.41) is 7.88. The van der Waals surface area contributed by atoms with Crippen LogP contribution in [0.15, 0.2) is 10.8 Å². The zero-order chi connectivity index (χ0) is 30.1. The summed E-state index contributed by atoms with van der Waals surface area (Å²) in [6.07, 6.45) is 1.05. The van der Waals surface area contributed by atoms with Crippen LogP contribution in [0.1, 0.15) is 78.8 Å². The van der Waals surface area contributed by atoms with E-state index in [9.17, 15) is 19.2 Å². The Morgan fingerprint density at radius 3 is 2.46 bits per heavy atom. The van der Waals surface area contributed by atoms with E-state index in [0.29, 0.717) is 43.9 Å². The minimum atomic E-state index is -0.720. The van der Waals surface area contributed by atoms with Gasteiger partial charge in [-0.15, -0.1) is 22.7 Å². The van der Waals surface area contributed by atoms with E-state index in [1.807, 2.05) is 26.2 Å². The van der Waals surface area contributed by atoms with E-state index >= 15 is 0 Å². The van der Waals surface area contributed by atoms with E-state index < -0.39 is 18.0 Å². The summed E-state index contributed by atoms with van der Waals surface area (Å²) in [6, 6.07) is -0.564. The van der Waals surface area contributed by atoms with Gasteiger partial charge in [-0.2, -0.15) is 0 Å². The molecule has 1 fully saturated rings. The van der Waals surface area contributed by atoms with Gasteiger partial charge in [0.2, 0.25) is 5.91 Å². The van der Waals surface area contributed by atoms with Crippen molar-refractivity contribution in [3.05, 3.63) is 32.2 Å². The molecule has 2 aromatic heterocycles.